The number of alkyl halides is 2. The molecule has 1 fully saturated rings. The first-order valence-corrected chi connectivity index (χ1v) is 8.29. The van der Waals surface area contributed by atoms with E-state index in [0.29, 0.717) is 19.8 Å². The van der Waals surface area contributed by atoms with E-state index in [1.54, 1.807) is 0 Å². The fourth-order valence-corrected chi connectivity index (χ4v) is 4.14. The molecule has 0 bridgehead atoms. The van der Waals surface area contributed by atoms with Crippen molar-refractivity contribution in [1.29, 1.82) is 0 Å². The van der Waals surface area contributed by atoms with Gasteiger partial charge in [0.05, 0.1) is 4.90 Å². The molecule has 0 unspecified atom stereocenters. The summed E-state index contributed by atoms with van der Waals surface area (Å²) >= 11 is 0. The molecule has 22 heavy (non-hydrogen) atoms. The molecule has 1 aliphatic carbocycles. The highest BCUT2D eigenvalue weighted by Crippen LogP contribution is 2.34. The molecule has 0 saturated heterocycles. The van der Waals surface area contributed by atoms with Crippen LogP contribution in [0.1, 0.15) is 31.7 Å². The minimum atomic E-state index is -4.06. The van der Waals surface area contributed by atoms with E-state index in [-0.39, 0.29) is 12.3 Å². The minimum Gasteiger partial charge on any atom is -0.481 e. The Labute approximate surface area is 127 Å². The Kier molecular flexibility index (Phi) is 4.53. The Balaban J connectivity index is 2.11. The van der Waals surface area contributed by atoms with Crippen molar-refractivity contribution in [2.24, 2.45) is 5.92 Å². The number of aliphatic carboxylic acids is 1. The Bertz CT molecular complexity index is 664. The van der Waals surface area contributed by atoms with E-state index in [1.165, 1.54) is 12.1 Å². The van der Waals surface area contributed by atoms with Crippen LogP contribution in [0, 0.1) is 5.92 Å². The zero-order chi connectivity index (χ0) is 16.5. The maximum Gasteiger partial charge on any atom is 0.303 e. The second-order valence-electron chi connectivity index (χ2n) is 5.64. The van der Waals surface area contributed by atoms with Crippen LogP contribution in [0.2, 0.25) is 0 Å². The van der Waals surface area contributed by atoms with E-state index >= 15 is 0 Å². The summed E-state index contributed by atoms with van der Waals surface area (Å²) in [6.07, 6.45) is 0.786. The van der Waals surface area contributed by atoms with Crippen LogP contribution >= 0.6 is 0 Å². The standard InChI is InChI=1S/C14H17F2NO4S/c1-14(15,16)11-4-2-3-5-12(11)22(20,21)17-10-6-9(7-10)8-13(18)19/h2-5,9-10,17H,6-8H2,1H3,(H,18,19). The molecule has 1 aromatic rings. The summed E-state index contributed by atoms with van der Waals surface area (Å²) < 4.78 is 54.0. The maximum absolute atomic E-state index is 13.5. The molecule has 5 nitrogen and oxygen atoms in total. The van der Waals surface area contributed by atoms with E-state index in [4.69, 9.17) is 5.11 Å². The van der Waals surface area contributed by atoms with Gasteiger partial charge in [0.2, 0.25) is 10.0 Å². The predicted molar refractivity (Wildman–Crippen MR) is 75.1 cm³/mol. The van der Waals surface area contributed by atoms with Crippen molar-refractivity contribution < 1.29 is 27.1 Å². The monoisotopic (exact) mass is 333 g/mol. The first kappa shape index (κ1) is 16.8. The highest BCUT2D eigenvalue weighted by atomic mass is 32.2. The second kappa shape index (κ2) is 5.92. The fraction of sp³-hybridized carbons (Fsp3) is 0.500. The van der Waals surface area contributed by atoms with Gasteiger partial charge in [0.25, 0.3) is 5.92 Å². The summed E-state index contributed by atoms with van der Waals surface area (Å²) in [7, 11) is -4.06. The predicted octanol–water partition coefficient (Wildman–Crippen LogP) is 2.33. The smallest absolute Gasteiger partial charge is 0.303 e. The zero-order valence-electron chi connectivity index (χ0n) is 11.9. The number of sulfonamides is 1. The number of carboxylic acid groups (broad SMARTS) is 1. The lowest BCUT2D eigenvalue weighted by atomic mass is 9.79. The number of halogens is 2. The van der Waals surface area contributed by atoms with Crippen LogP contribution in [-0.4, -0.2) is 25.5 Å². The van der Waals surface area contributed by atoms with Crippen LogP contribution in [0.4, 0.5) is 8.78 Å². The SMILES string of the molecule is CC(F)(F)c1ccccc1S(=O)(=O)NC1CC(CC(=O)O)C1. The third-order valence-corrected chi connectivity index (χ3v) is 5.25. The summed E-state index contributed by atoms with van der Waals surface area (Å²) in [5, 5.41) is 8.65. The molecule has 2 N–H and O–H groups in total. The molecular weight excluding hydrogens is 316 g/mol. The van der Waals surface area contributed by atoms with Gasteiger partial charge in [-0.05, 0) is 24.8 Å². The molecule has 0 spiro atoms. The molecule has 1 aliphatic rings. The van der Waals surface area contributed by atoms with Gasteiger partial charge in [-0.3, -0.25) is 4.79 Å². The van der Waals surface area contributed by atoms with E-state index in [0.717, 1.165) is 12.1 Å². The Morgan fingerprint density at radius 2 is 1.95 bits per heavy atom. The number of carbonyl (C=O) groups is 1. The van der Waals surface area contributed by atoms with Gasteiger partial charge in [0.15, 0.2) is 0 Å². The average Bonchev–Trinajstić information content (AvgIpc) is 2.34. The lowest BCUT2D eigenvalue weighted by Crippen LogP contribution is -2.45. The van der Waals surface area contributed by atoms with Crippen molar-refractivity contribution in [3.63, 3.8) is 0 Å². The van der Waals surface area contributed by atoms with Gasteiger partial charge in [-0.1, -0.05) is 18.2 Å². The molecule has 8 heteroatoms. The maximum atomic E-state index is 13.5. The van der Waals surface area contributed by atoms with Crippen molar-refractivity contribution >= 4 is 16.0 Å². The van der Waals surface area contributed by atoms with Crippen LogP contribution < -0.4 is 4.72 Å². The Morgan fingerprint density at radius 1 is 1.36 bits per heavy atom. The topological polar surface area (TPSA) is 83.5 Å². The molecule has 1 aromatic carbocycles. The number of carboxylic acids is 1. The van der Waals surface area contributed by atoms with Gasteiger partial charge in [0, 0.05) is 24.9 Å². The van der Waals surface area contributed by atoms with Gasteiger partial charge in [-0.2, -0.15) is 0 Å². The lowest BCUT2D eigenvalue weighted by Gasteiger charge is -2.34. The van der Waals surface area contributed by atoms with Gasteiger partial charge in [-0.25, -0.2) is 21.9 Å². The van der Waals surface area contributed by atoms with Crippen LogP contribution in [0.5, 0.6) is 0 Å². The quantitative estimate of drug-likeness (QED) is 0.837. The third kappa shape index (κ3) is 3.80. The number of benzene rings is 1. The van der Waals surface area contributed by atoms with Crippen molar-refractivity contribution in [3.8, 4) is 0 Å². The molecular formula is C14H17F2NO4S. The number of hydrogen-bond acceptors (Lipinski definition) is 3. The van der Waals surface area contributed by atoms with Gasteiger partial charge < -0.3 is 5.11 Å². The van der Waals surface area contributed by atoms with Crippen molar-refractivity contribution in [2.45, 2.75) is 43.0 Å². The zero-order valence-corrected chi connectivity index (χ0v) is 12.7. The van der Waals surface area contributed by atoms with E-state index in [9.17, 15) is 22.0 Å². The molecule has 0 aliphatic heterocycles. The first-order valence-electron chi connectivity index (χ1n) is 6.81. The lowest BCUT2D eigenvalue weighted by molar-refractivity contribution is -0.138. The van der Waals surface area contributed by atoms with Crippen molar-refractivity contribution in [1.82, 2.24) is 4.72 Å². The van der Waals surface area contributed by atoms with Crippen LogP contribution in [-0.2, 0) is 20.7 Å². The minimum absolute atomic E-state index is 0.0121. The van der Waals surface area contributed by atoms with Gasteiger partial charge in [-0.15, -0.1) is 0 Å². The first-order chi connectivity index (χ1) is 10.1. The van der Waals surface area contributed by atoms with E-state index < -0.39 is 38.4 Å². The summed E-state index contributed by atoms with van der Waals surface area (Å²) in [5.74, 6) is -4.27. The van der Waals surface area contributed by atoms with Crippen LogP contribution in [0.25, 0.3) is 0 Å². The molecule has 2 rings (SSSR count). The molecule has 0 heterocycles. The summed E-state index contributed by atoms with van der Waals surface area (Å²) in [4.78, 5) is 10.1. The Morgan fingerprint density at radius 3 is 2.50 bits per heavy atom. The summed E-state index contributed by atoms with van der Waals surface area (Å²) in [5.41, 5.74) is -0.552. The molecule has 1 saturated carbocycles. The average molecular weight is 333 g/mol. The van der Waals surface area contributed by atoms with Gasteiger partial charge in [0.1, 0.15) is 0 Å². The summed E-state index contributed by atoms with van der Waals surface area (Å²) in [6, 6.07) is 4.56. The van der Waals surface area contributed by atoms with E-state index in [2.05, 4.69) is 4.72 Å². The highest BCUT2D eigenvalue weighted by molar-refractivity contribution is 7.89. The van der Waals surface area contributed by atoms with Crippen molar-refractivity contribution in [3.05, 3.63) is 29.8 Å². The van der Waals surface area contributed by atoms with Crippen LogP contribution in [0.3, 0.4) is 0 Å². The largest absolute Gasteiger partial charge is 0.481 e. The summed E-state index contributed by atoms with van der Waals surface area (Å²) in [6.45, 7) is 0.646. The third-order valence-electron chi connectivity index (χ3n) is 3.67. The van der Waals surface area contributed by atoms with Gasteiger partial charge >= 0.3 is 5.97 Å². The number of hydrogen-bond donors (Lipinski definition) is 2. The number of rotatable bonds is 6. The molecule has 0 aromatic heterocycles. The molecule has 0 radical (unpaired) electrons. The normalized spacial score (nSPS) is 22.1. The van der Waals surface area contributed by atoms with E-state index in [1.807, 2.05) is 0 Å². The second-order valence-corrected chi connectivity index (χ2v) is 7.32. The number of nitrogens with one attached hydrogen (secondary N) is 1. The molecule has 0 atom stereocenters. The highest BCUT2D eigenvalue weighted by Gasteiger charge is 2.37. The molecule has 0 amide bonds. The Hall–Kier alpha value is -1.54. The van der Waals surface area contributed by atoms with Crippen LogP contribution in [0.15, 0.2) is 29.2 Å². The fourth-order valence-electron chi connectivity index (χ4n) is 2.59. The molecule has 122 valence electrons. The van der Waals surface area contributed by atoms with Crippen molar-refractivity contribution in [2.75, 3.05) is 0 Å².